The summed E-state index contributed by atoms with van der Waals surface area (Å²) in [4.78, 5) is 15.9. The number of benzene rings is 1. The largest absolute Gasteiger partial charge is 0.478 e. The normalized spacial score (nSPS) is 20.2. The summed E-state index contributed by atoms with van der Waals surface area (Å²) in [7, 11) is 0. The molecule has 2 unspecified atom stereocenters. The average molecular weight is 318 g/mol. The van der Waals surface area contributed by atoms with Crippen molar-refractivity contribution in [2.45, 2.75) is 25.8 Å². The highest BCUT2D eigenvalue weighted by Crippen LogP contribution is 2.33. The van der Waals surface area contributed by atoms with Crippen LogP contribution >= 0.6 is 11.6 Å². The third kappa shape index (κ3) is 2.48. The van der Waals surface area contributed by atoms with E-state index in [-0.39, 0.29) is 11.5 Å². The number of carboxylic acids is 1. The van der Waals surface area contributed by atoms with E-state index < -0.39 is 12.0 Å². The minimum atomic E-state index is -0.952. The number of fused-ring (bicyclic) bond motifs is 1. The van der Waals surface area contributed by atoms with Gasteiger partial charge in [0.1, 0.15) is 5.82 Å². The van der Waals surface area contributed by atoms with E-state index in [4.69, 9.17) is 11.6 Å². The molecule has 2 N–H and O–H groups in total. The lowest BCUT2D eigenvalue weighted by Gasteiger charge is -2.30. The molecule has 1 aromatic heterocycles. The molecule has 2 atom stereocenters. The van der Waals surface area contributed by atoms with Gasteiger partial charge in [0.2, 0.25) is 0 Å². The van der Waals surface area contributed by atoms with Crippen molar-refractivity contribution in [1.29, 1.82) is 0 Å². The van der Waals surface area contributed by atoms with Crippen molar-refractivity contribution in [3.05, 3.63) is 52.6 Å². The molecule has 2 heterocycles. The Bertz CT molecular complexity index is 767. The maximum Gasteiger partial charge on any atom is 0.335 e. The lowest BCUT2D eigenvalue weighted by atomic mass is 9.91. The first-order valence-corrected chi connectivity index (χ1v) is 7.35. The van der Waals surface area contributed by atoms with Crippen molar-refractivity contribution in [1.82, 2.24) is 9.55 Å². The smallest absolute Gasteiger partial charge is 0.335 e. The fourth-order valence-corrected chi connectivity index (χ4v) is 3.02. The van der Waals surface area contributed by atoms with Gasteiger partial charge in [-0.15, -0.1) is 0 Å². The van der Waals surface area contributed by atoms with E-state index in [1.807, 2.05) is 32.0 Å². The zero-order valence-electron chi connectivity index (χ0n) is 12.2. The lowest BCUT2D eigenvalue weighted by molar-refractivity contribution is -0.132. The highest BCUT2D eigenvalue weighted by molar-refractivity contribution is 6.33. The van der Waals surface area contributed by atoms with E-state index in [0.29, 0.717) is 5.02 Å². The predicted molar refractivity (Wildman–Crippen MR) is 86.2 cm³/mol. The molecular formula is C16H16ClN3O2. The van der Waals surface area contributed by atoms with Gasteiger partial charge in [0.15, 0.2) is 0 Å². The predicted octanol–water partition coefficient (Wildman–Crippen LogP) is 3.37. The van der Waals surface area contributed by atoms with Crippen LogP contribution in [0.4, 0.5) is 5.69 Å². The standard InChI is InChI=1S/C16H16ClN3O2/c1-9-3-4-13(12(17)7-9)19-14-10(2)15-18-5-6-20(15)8-11(14)16(21)22/h3-8,10,14,19H,1-2H3,(H,21,22). The van der Waals surface area contributed by atoms with Crippen LogP contribution in [0.5, 0.6) is 0 Å². The summed E-state index contributed by atoms with van der Waals surface area (Å²) < 4.78 is 1.75. The number of rotatable bonds is 3. The summed E-state index contributed by atoms with van der Waals surface area (Å²) in [5.74, 6) is -0.221. The van der Waals surface area contributed by atoms with Crippen molar-refractivity contribution >= 4 is 29.5 Å². The van der Waals surface area contributed by atoms with Crippen LogP contribution in [-0.4, -0.2) is 26.7 Å². The van der Waals surface area contributed by atoms with Gasteiger partial charge in [0.05, 0.1) is 22.3 Å². The van der Waals surface area contributed by atoms with Crippen LogP contribution in [0.1, 0.15) is 24.2 Å². The van der Waals surface area contributed by atoms with E-state index in [1.54, 1.807) is 23.2 Å². The van der Waals surface area contributed by atoms with Crippen molar-refractivity contribution < 1.29 is 9.90 Å². The number of nitrogens with one attached hydrogen (secondary N) is 1. The van der Waals surface area contributed by atoms with Crippen LogP contribution in [0.15, 0.2) is 36.2 Å². The maximum absolute atomic E-state index is 11.6. The molecule has 0 spiro atoms. The number of hydrogen-bond donors (Lipinski definition) is 2. The lowest BCUT2D eigenvalue weighted by Crippen LogP contribution is -2.35. The van der Waals surface area contributed by atoms with Gasteiger partial charge in [-0.25, -0.2) is 9.78 Å². The third-order valence-electron chi connectivity index (χ3n) is 3.90. The number of halogens is 1. The minimum absolute atomic E-state index is 0.0940. The molecule has 0 saturated carbocycles. The second-order valence-electron chi connectivity index (χ2n) is 5.48. The minimum Gasteiger partial charge on any atom is -0.478 e. The Labute approximate surface area is 133 Å². The molecule has 0 aliphatic carbocycles. The maximum atomic E-state index is 11.6. The van der Waals surface area contributed by atoms with E-state index in [0.717, 1.165) is 17.1 Å². The molecular weight excluding hydrogens is 302 g/mol. The van der Waals surface area contributed by atoms with Crippen molar-refractivity contribution in [3.8, 4) is 0 Å². The Morgan fingerprint density at radius 3 is 2.91 bits per heavy atom. The highest BCUT2D eigenvalue weighted by atomic mass is 35.5. The van der Waals surface area contributed by atoms with E-state index in [2.05, 4.69) is 10.3 Å². The van der Waals surface area contributed by atoms with Crippen LogP contribution in [-0.2, 0) is 4.79 Å². The number of carbonyl (C=O) groups is 1. The van der Waals surface area contributed by atoms with Gasteiger partial charge in [0, 0.05) is 24.5 Å². The molecule has 5 nitrogen and oxygen atoms in total. The van der Waals surface area contributed by atoms with Crippen LogP contribution in [0.3, 0.4) is 0 Å². The first-order valence-electron chi connectivity index (χ1n) is 6.98. The second kappa shape index (κ2) is 5.50. The summed E-state index contributed by atoms with van der Waals surface area (Å²) in [6.45, 7) is 3.91. The zero-order valence-corrected chi connectivity index (χ0v) is 13.0. The van der Waals surface area contributed by atoms with Gasteiger partial charge in [-0.1, -0.05) is 24.6 Å². The van der Waals surface area contributed by atoms with Crippen LogP contribution in [0.2, 0.25) is 5.02 Å². The number of aliphatic carboxylic acids is 1. The highest BCUT2D eigenvalue weighted by Gasteiger charge is 2.33. The first-order chi connectivity index (χ1) is 10.5. The molecule has 1 aliphatic heterocycles. The second-order valence-corrected chi connectivity index (χ2v) is 5.88. The van der Waals surface area contributed by atoms with Gasteiger partial charge in [0.25, 0.3) is 0 Å². The Hall–Kier alpha value is -2.27. The Morgan fingerprint density at radius 2 is 2.23 bits per heavy atom. The summed E-state index contributed by atoms with van der Waals surface area (Å²) in [6, 6.07) is 5.26. The number of carboxylic acid groups (broad SMARTS) is 1. The van der Waals surface area contributed by atoms with Gasteiger partial charge in [-0.2, -0.15) is 0 Å². The first kappa shape index (κ1) is 14.7. The zero-order chi connectivity index (χ0) is 15.9. The molecule has 0 saturated heterocycles. The Morgan fingerprint density at radius 1 is 1.45 bits per heavy atom. The molecule has 0 amide bonds. The van der Waals surface area contributed by atoms with Crippen molar-refractivity contribution in [2.24, 2.45) is 0 Å². The summed E-state index contributed by atoms with van der Waals surface area (Å²) in [6.07, 6.45) is 5.03. The van der Waals surface area contributed by atoms with E-state index in [9.17, 15) is 9.90 Å². The fraction of sp³-hybridized carbons (Fsp3) is 0.250. The van der Waals surface area contributed by atoms with Crippen LogP contribution < -0.4 is 5.32 Å². The molecule has 22 heavy (non-hydrogen) atoms. The monoisotopic (exact) mass is 317 g/mol. The van der Waals surface area contributed by atoms with Crippen LogP contribution in [0.25, 0.3) is 6.20 Å². The molecule has 0 radical (unpaired) electrons. The number of nitrogens with zero attached hydrogens (tertiary/aromatic N) is 2. The van der Waals surface area contributed by atoms with Gasteiger partial charge in [-0.3, -0.25) is 0 Å². The Balaban J connectivity index is 1.99. The molecule has 3 rings (SSSR count). The molecule has 0 bridgehead atoms. The van der Waals surface area contributed by atoms with E-state index in [1.165, 1.54) is 0 Å². The molecule has 1 aromatic carbocycles. The third-order valence-corrected chi connectivity index (χ3v) is 4.21. The topological polar surface area (TPSA) is 67.2 Å². The quantitative estimate of drug-likeness (QED) is 0.911. The summed E-state index contributed by atoms with van der Waals surface area (Å²) in [5, 5.41) is 13.3. The molecule has 1 aliphatic rings. The van der Waals surface area contributed by atoms with Crippen molar-refractivity contribution in [2.75, 3.05) is 5.32 Å². The van der Waals surface area contributed by atoms with Crippen LogP contribution in [0, 0.1) is 6.92 Å². The molecule has 2 aromatic rings. The Kier molecular flexibility index (Phi) is 3.66. The summed E-state index contributed by atoms with van der Waals surface area (Å²) in [5.41, 5.74) is 2.06. The van der Waals surface area contributed by atoms with E-state index >= 15 is 0 Å². The van der Waals surface area contributed by atoms with Gasteiger partial charge < -0.3 is 15.0 Å². The number of imidazole rings is 1. The van der Waals surface area contributed by atoms with Crippen molar-refractivity contribution in [3.63, 3.8) is 0 Å². The number of anilines is 1. The fourth-order valence-electron chi connectivity index (χ4n) is 2.73. The average Bonchev–Trinajstić information content (AvgIpc) is 2.92. The molecule has 6 heteroatoms. The SMILES string of the molecule is Cc1ccc(NC2C(C(=O)O)=Cn3ccnc3C2C)c(Cl)c1. The number of aryl methyl sites for hydroxylation is 1. The number of aromatic nitrogens is 2. The van der Waals surface area contributed by atoms with Gasteiger partial charge >= 0.3 is 5.97 Å². The molecule has 114 valence electrons. The summed E-state index contributed by atoms with van der Waals surface area (Å²) >= 11 is 6.25. The van der Waals surface area contributed by atoms with Gasteiger partial charge in [-0.05, 0) is 24.6 Å². The molecule has 0 fully saturated rings. The number of hydrogen-bond acceptors (Lipinski definition) is 3.